The molecule has 3 aromatic rings. The van der Waals surface area contributed by atoms with Gasteiger partial charge in [0, 0.05) is 18.0 Å². The summed E-state index contributed by atoms with van der Waals surface area (Å²) >= 11 is 6.17. The van der Waals surface area contributed by atoms with Crippen molar-refractivity contribution in [3.05, 3.63) is 59.6 Å². The largest absolute Gasteiger partial charge is 0.326 e. The van der Waals surface area contributed by atoms with Crippen LogP contribution in [0.1, 0.15) is 6.92 Å². The van der Waals surface area contributed by atoms with Gasteiger partial charge in [-0.05, 0) is 35.7 Å². The van der Waals surface area contributed by atoms with Crippen molar-refractivity contribution in [2.24, 2.45) is 0 Å². The van der Waals surface area contributed by atoms with Crippen molar-refractivity contribution in [2.75, 3.05) is 21.5 Å². The van der Waals surface area contributed by atoms with E-state index in [1.807, 2.05) is 12.1 Å². The lowest BCUT2D eigenvalue weighted by Gasteiger charge is -2.18. The van der Waals surface area contributed by atoms with Gasteiger partial charge in [-0.1, -0.05) is 35.9 Å². The molecule has 3 aromatic carbocycles. The highest BCUT2D eigenvalue weighted by Crippen LogP contribution is 2.41. The number of benzene rings is 3. The van der Waals surface area contributed by atoms with E-state index in [9.17, 15) is 18.0 Å². The zero-order valence-electron chi connectivity index (χ0n) is 15.3. The highest BCUT2D eigenvalue weighted by molar-refractivity contribution is 7.93. The summed E-state index contributed by atoms with van der Waals surface area (Å²) in [7, 11) is -3.82. The van der Waals surface area contributed by atoms with Gasteiger partial charge >= 0.3 is 0 Å². The van der Waals surface area contributed by atoms with Crippen molar-refractivity contribution in [1.82, 2.24) is 0 Å². The maximum absolute atomic E-state index is 12.9. The van der Waals surface area contributed by atoms with Gasteiger partial charge in [0.05, 0.1) is 21.3 Å². The lowest BCUT2D eigenvalue weighted by Crippen LogP contribution is -2.35. The van der Waals surface area contributed by atoms with E-state index in [4.69, 9.17) is 11.6 Å². The second-order valence-corrected chi connectivity index (χ2v) is 8.81. The number of sulfonamides is 1. The Morgan fingerprint density at radius 3 is 2.45 bits per heavy atom. The predicted octanol–water partition coefficient (Wildman–Crippen LogP) is 3.60. The fourth-order valence-electron chi connectivity index (χ4n) is 3.35. The van der Waals surface area contributed by atoms with Crippen LogP contribution in [0.3, 0.4) is 0 Å². The first kappa shape index (κ1) is 19.2. The molecule has 0 saturated heterocycles. The zero-order chi connectivity index (χ0) is 20.8. The summed E-state index contributed by atoms with van der Waals surface area (Å²) in [4.78, 5) is 23.9. The van der Waals surface area contributed by atoms with Crippen LogP contribution in [0.2, 0.25) is 5.02 Å². The third-order valence-electron chi connectivity index (χ3n) is 4.53. The minimum absolute atomic E-state index is 0.191. The van der Waals surface area contributed by atoms with Crippen LogP contribution in [0.15, 0.2) is 59.5 Å². The first-order valence-electron chi connectivity index (χ1n) is 8.69. The van der Waals surface area contributed by atoms with Crippen LogP contribution in [0.5, 0.6) is 0 Å². The van der Waals surface area contributed by atoms with Gasteiger partial charge in [0.2, 0.25) is 11.8 Å². The number of hydrogen-bond acceptors (Lipinski definition) is 4. The molecule has 7 nitrogen and oxygen atoms in total. The Balaban J connectivity index is 1.58. The van der Waals surface area contributed by atoms with Crippen molar-refractivity contribution >= 4 is 61.3 Å². The Labute approximate surface area is 172 Å². The maximum atomic E-state index is 12.9. The SMILES string of the molecule is CC(=O)Nc1ccc(NC(=O)CN2c3cccc4cccc(c34)S2(=O)=O)c(Cl)c1. The first-order chi connectivity index (χ1) is 13.8. The van der Waals surface area contributed by atoms with Crippen LogP contribution in [0.25, 0.3) is 10.8 Å². The molecule has 0 bridgehead atoms. The van der Waals surface area contributed by atoms with Gasteiger partial charge in [-0.15, -0.1) is 0 Å². The second kappa shape index (κ2) is 7.06. The topological polar surface area (TPSA) is 95.6 Å². The molecule has 0 radical (unpaired) electrons. The Hall–Kier alpha value is -3.10. The van der Waals surface area contributed by atoms with Crippen LogP contribution >= 0.6 is 11.6 Å². The molecule has 148 valence electrons. The monoisotopic (exact) mass is 429 g/mol. The molecular weight excluding hydrogens is 414 g/mol. The molecule has 1 heterocycles. The van der Waals surface area contributed by atoms with E-state index in [2.05, 4.69) is 10.6 Å². The summed E-state index contributed by atoms with van der Waals surface area (Å²) in [5, 5.41) is 6.85. The fourth-order valence-corrected chi connectivity index (χ4v) is 5.24. The van der Waals surface area contributed by atoms with Gasteiger partial charge in [-0.3, -0.25) is 13.9 Å². The van der Waals surface area contributed by atoms with Crippen molar-refractivity contribution in [3.63, 3.8) is 0 Å². The van der Waals surface area contributed by atoms with Crippen molar-refractivity contribution in [3.8, 4) is 0 Å². The van der Waals surface area contributed by atoms with Gasteiger partial charge in [0.15, 0.2) is 0 Å². The van der Waals surface area contributed by atoms with E-state index in [0.29, 0.717) is 22.4 Å². The van der Waals surface area contributed by atoms with Gasteiger partial charge < -0.3 is 10.6 Å². The van der Waals surface area contributed by atoms with Crippen molar-refractivity contribution in [2.45, 2.75) is 11.8 Å². The standard InChI is InChI=1S/C20H16ClN3O4S/c1-12(25)22-14-8-9-16(15(21)10-14)23-19(26)11-24-17-6-2-4-13-5-3-7-18(20(13)17)29(24,27)28/h2-10H,11H2,1H3,(H,22,25)(H,23,26). The lowest BCUT2D eigenvalue weighted by atomic mass is 10.1. The number of halogens is 1. The Bertz CT molecular complexity index is 1270. The number of anilines is 3. The van der Waals surface area contributed by atoms with E-state index in [-0.39, 0.29) is 22.4 Å². The molecule has 0 aliphatic carbocycles. The molecule has 29 heavy (non-hydrogen) atoms. The Morgan fingerprint density at radius 2 is 1.76 bits per heavy atom. The quantitative estimate of drug-likeness (QED) is 0.662. The number of hydrogen-bond donors (Lipinski definition) is 2. The minimum Gasteiger partial charge on any atom is -0.326 e. The van der Waals surface area contributed by atoms with E-state index in [1.54, 1.807) is 30.3 Å². The van der Waals surface area contributed by atoms with Crippen LogP contribution in [0.4, 0.5) is 17.1 Å². The van der Waals surface area contributed by atoms with Gasteiger partial charge in [-0.25, -0.2) is 8.42 Å². The number of rotatable bonds is 4. The number of carbonyl (C=O) groups excluding carboxylic acids is 2. The molecule has 0 unspecified atom stereocenters. The van der Waals surface area contributed by atoms with Crippen LogP contribution in [0, 0.1) is 0 Å². The van der Waals surface area contributed by atoms with Crippen LogP contribution < -0.4 is 14.9 Å². The number of carbonyl (C=O) groups is 2. The van der Waals surface area contributed by atoms with E-state index in [0.717, 1.165) is 9.69 Å². The minimum atomic E-state index is -3.82. The molecule has 0 saturated carbocycles. The summed E-state index contributed by atoms with van der Waals surface area (Å²) in [6.45, 7) is 0.985. The molecule has 1 aliphatic rings. The number of nitrogens with zero attached hydrogens (tertiary/aromatic N) is 1. The third-order valence-corrected chi connectivity index (χ3v) is 6.65. The Kier molecular flexibility index (Phi) is 4.68. The number of amides is 2. The molecule has 0 fully saturated rings. The van der Waals surface area contributed by atoms with Gasteiger partial charge in [0.1, 0.15) is 6.54 Å². The summed E-state index contributed by atoms with van der Waals surface area (Å²) in [6, 6.07) is 14.9. The fraction of sp³-hybridized carbons (Fsp3) is 0.100. The summed E-state index contributed by atoms with van der Waals surface area (Å²) in [5.41, 5.74) is 1.28. The molecule has 0 spiro atoms. The average molecular weight is 430 g/mol. The maximum Gasteiger partial charge on any atom is 0.265 e. The van der Waals surface area contributed by atoms with Gasteiger partial charge in [0.25, 0.3) is 10.0 Å². The van der Waals surface area contributed by atoms with E-state index >= 15 is 0 Å². The smallest absolute Gasteiger partial charge is 0.265 e. The second-order valence-electron chi connectivity index (χ2n) is 6.57. The highest BCUT2D eigenvalue weighted by Gasteiger charge is 2.36. The van der Waals surface area contributed by atoms with Crippen LogP contribution in [-0.4, -0.2) is 26.8 Å². The van der Waals surface area contributed by atoms with Gasteiger partial charge in [-0.2, -0.15) is 0 Å². The summed E-state index contributed by atoms with van der Waals surface area (Å²) in [5.74, 6) is -0.779. The first-order valence-corrected chi connectivity index (χ1v) is 10.5. The predicted molar refractivity (Wildman–Crippen MR) is 113 cm³/mol. The molecule has 0 atom stereocenters. The third kappa shape index (κ3) is 3.41. The Morgan fingerprint density at radius 1 is 1.03 bits per heavy atom. The van der Waals surface area contributed by atoms with Crippen molar-refractivity contribution < 1.29 is 18.0 Å². The molecule has 9 heteroatoms. The summed E-state index contributed by atoms with van der Waals surface area (Å²) in [6.07, 6.45) is 0. The number of nitrogens with one attached hydrogen (secondary N) is 2. The molecule has 4 rings (SSSR count). The normalized spacial score (nSPS) is 14.1. The molecule has 2 amide bonds. The van der Waals surface area contributed by atoms with Crippen molar-refractivity contribution in [1.29, 1.82) is 0 Å². The van der Waals surface area contributed by atoms with Crippen LogP contribution in [-0.2, 0) is 19.6 Å². The molecular formula is C20H16ClN3O4S. The molecule has 0 aromatic heterocycles. The average Bonchev–Trinajstić information content (AvgIpc) is 2.87. The zero-order valence-corrected chi connectivity index (χ0v) is 16.8. The molecule has 2 N–H and O–H groups in total. The lowest BCUT2D eigenvalue weighted by molar-refractivity contribution is -0.115. The summed E-state index contributed by atoms with van der Waals surface area (Å²) < 4.78 is 27.0. The van der Waals surface area contributed by atoms with E-state index in [1.165, 1.54) is 19.1 Å². The van der Waals surface area contributed by atoms with E-state index < -0.39 is 15.9 Å². The molecule has 1 aliphatic heterocycles. The highest BCUT2D eigenvalue weighted by atomic mass is 35.5.